The fourth-order valence-electron chi connectivity index (χ4n) is 4.33. The first-order valence-corrected chi connectivity index (χ1v) is 11.1. The predicted octanol–water partition coefficient (Wildman–Crippen LogP) is 4.25. The first kappa shape index (κ1) is 20.2. The van der Waals surface area contributed by atoms with Crippen LogP contribution < -0.4 is 4.90 Å². The van der Waals surface area contributed by atoms with E-state index in [2.05, 4.69) is 76.7 Å². The molecule has 0 saturated carbocycles. The summed E-state index contributed by atoms with van der Waals surface area (Å²) in [6.07, 6.45) is 0. The van der Waals surface area contributed by atoms with E-state index in [1.165, 1.54) is 22.2 Å². The summed E-state index contributed by atoms with van der Waals surface area (Å²) in [5.41, 5.74) is 5.75. The first-order chi connectivity index (χ1) is 15.1. The minimum Gasteiger partial charge on any atom is -0.378 e. The highest BCUT2D eigenvalue weighted by molar-refractivity contribution is 7.71. The molecule has 0 atom stereocenters. The van der Waals surface area contributed by atoms with E-state index in [1.807, 2.05) is 10.7 Å². The molecule has 1 saturated heterocycles. The summed E-state index contributed by atoms with van der Waals surface area (Å²) in [6, 6.07) is 19.3. The van der Waals surface area contributed by atoms with Gasteiger partial charge in [0, 0.05) is 30.7 Å². The zero-order chi connectivity index (χ0) is 21.4. The van der Waals surface area contributed by atoms with Gasteiger partial charge in [-0.25, -0.2) is 4.68 Å². The number of benzene rings is 2. The van der Waals surface area contributed by atoms with Crippen LogP contribution in [0.3, 0.4) is 0 Å². The van der Waals surface area contributed by atoms with Crippen molar-refractivity contribution in [2.45, 2.75) is 20.1 Å². The van der Waals surface area contributed by atoms with Crippen molar-refractivity contribution in [1.82, 2.24) is 19.1 Å². The van der Waals surface area contributed by atoms with Crippen molar-refractivity contribution in [2.24, 2.45) is 0 Å². The summed E-state index contributed by atoms with van der Waals surface area (Å²) in [6.45, 7) is 7.12. The third kappa shape index (κ3) is 3.96. The Morgan fingerprint density at radius 1 is 1.06 bits per heavy atom. The van der Waals surface area contributed by atoms with Crippen LogP contribution in [0, 0.1) is 11.7 Å². The molecule has 0 amide bonds. The molecule has 7 heteroatoms. The molecule has 0 N–H and O–H groups in total. The number of anilines is 1. The topological polar surface area (TPSA) is 37.9 Å². The standard InChI is InChI=1S/C24H27N5OS/c1-18-15-23-25-28(24(31)29(23)22-6-4-3-5-21(18)22)17-26(2)16-19-7-9-20(10-8-19)27-11-13-30-14-12-27/h3-10,15H,11-14,16-17H2,1-2H3. The van der Waals surface area contributed by atoms with E-state index in [0.717, 1.165) is 48.8 Å². The number of ether oxygens (including phenoxy) is 1. The molecule has 0 spiro atoms. The quantitative estimate of drug-likeness (QED) is 0.440. The van der Waals surface area contributed by atoms with Gasteiger partial charge in [-0.3, -0.25) is 9.30 Å². The van der Waals surface area contributed by atoms with Crippen LogP contribution in [0.2, 0.25) is 0 Å². The smallest absolute Gasteiger partial charge is 0.204 e. The Morgan fingerprint density at radius 3 is 2.58 bits per heavy atom. The lowest BCUT2D eigenvalue weighted by molar-refractivity contribution is 0.122. The molecule has 0 bridgehead atoms. The molecule has 2 aromatic carbocycles. The monoisotopic (exact) mass is 433 g/mol. The highest BCUT2D eigenvalue weighted by Crippen LogP contribution is 2.22. The van der Waals surface area contributed by atoms with Crippen molar-refractivity contribution in [3.05, 3.63) is 70.5 Å². The van der Waals surface area contributed by atoms with E-state index >= 15 is 0 Å². The van der Waals surface area contributed by atoms with Crippen LogP contribution in [0.1, 0.15) is 11.1 Å². The Kier molecular flexibility index (Phi) is 5.48. The third-order valence-corrected chi connectivity index (χ3v) is 6.31. The van der Waals surface area contributed by atoms with Crippen molar-refractivity contribution in [1.29, 1.82) is 0 Å². The second kappa shape index (κ2) is 8.42. The SMILES string of the molecule is Cc1cc2nn(CN(C)Cc3ccc(N4CCOCC4)cc3)c(=S)n2c2ccccc12. The van der Waals surface area contributed by atoms with Crippen LogP contribution in [0.15, 0.2) is 54.6 Å². The maximum atomic E-state index is 5.79. The van der Waals surface area contributed by atoms with Crippen LogP contribution in [-0.4, -0.2) is 52.4 Å². The van der Waals surface area contributed by atoms with Crippen LogP contribution in [-0.2, 0) is 18.0 Å². The highest BCUT2D eigenvalue weighted by atomic mass is 32.1. The van der Waals surface area contributed by atoms with Gasteiger partial charge < -0.3 is 9.64 Å². The molecule has 2 aromatic heterocycles. The van der Waals surface area contributed by atoms with E-state index in [-0.39, 0.29) is 0 Å². The van der Waals surface area contributed by atoms with Gasteiger partial charge in [0.05, 0.1) is 25.4 Å². The fraction of sp³-hybridized carbons (Fsp3) is 0.333. The molecule has 6 nitrogen and oxygen atoms in total. The summed E-state index contributed by atoms with van der Waals surface area (Å²) in [5, 5.41) is 6.00. The Labute approximate surface area is 187 Å². The lowest BCUT2D eigenvalue weighted by Gasteiger charge is -2.29. The van der Waals surface area contributed by atoms with Crippen molar-refractivity contribution in [2.75, 3.05) is 38.3 Å². The number of rotatable bonds is 5. The predicted molar refractivity (Wildman–Crippen MR) is 127 cm³/mol. The summed E-state index contributed by atoms with van der Waals surface area (Å²) < 4.78 is 10.2. The molecule has 31 heavy (non-hydrogen) atoms. The van der Waals surface area contributed by atoms with Gasteiger partial charge in [0.2, 0.25) is 4.77 Å². The molecule has 0 aliphatic carbocycles. The van der Waals surface area contributed by atoms with Crippen LogP contribution in [0.4, 0.5) is 5.69 Å². The largest absolute Gasteiger partial charge is 0.378 e. The van der Waals surface area contributed by atoms with E-state index in [1.54, 1.807) is 0 Å². The van der Waals surface area contributed by atoms with Gasteiger partial charge in [0.15, 0.2) is 5.65 Å². The maximum Gasteiger partial charge on any atom is 0.204 e. The molecule has 1 aliphatic rings. The lowest BCUT2D eigenvalue weighted by atomic mass is 10.1. The Morgan fingerprint density at radius 2 is 1.81 bits per heavy atom. The van der Waals surface area contributed by atoms with Crippen molar-refractivity contribution >= 4 is 34.5 Å². The second-order valence-corrected chi connectivity index (χ2v) is 8.61. The number of aromatic nitrogens is 3. The van der Waals surface area contributed by atoms with Gasteiger partial charge in [-0.05, 0) is 61.6 Å². The molecule has 4 aromatic rings. The number of hydrogen-bond acceptors (Lipinski definition) is 5. The molecule has 5 rings (SSSR count). The second-order valence-electron chi connectivity index (χ2n) is 8.24. The molecular weight excluding hydrogens is 406 g/mol. The normalized spacial score (nSPS) is 14.7. The zero-order valence-electron chi connectivity index (χ0n) is 18.0. The molecule has 0 unspecified atom stereocenters. The summed E-state index contributed by atoms with van der Waals surface area (Å²) in [7, 11) is 2.10. The van der Waals surface area contributed by atoms with Crippen molar-refractivity contribution < 1.29 is 4.74 Å². The highest BCUT2D eigenvalue weighted by Gasteiger charge is 2.13. The fourth-order valence-corrected chi connectivity index (χ4v) is 4.62. The van der Waals surface area contributed by atoms with Crippen LogP contribution in [0.5, 0.6) is 0 Å². The number of morpholine rings is 1. The molecule has 1 aliphatic heterocycles. The molecule has 3 heterocycles. The van der Waals surface area contributed by atoms with E-state index in [9.17, 15) is 0 Å². The number of para-hydroxylation sites is 1. The lowest BCUT2D eigenvalue weighted by Crippen LogP contribution is -2.36. The zero-order valence-corrected chi connectivity index (χ0v) is 18.8. The Balaban J connectivity index is 1.34. The number of aryl methyl sites for hydroxylation is 1. The summed E-state index contributed by atoms with van der Waals surface area (Å²) >= 11 is 5.79. The maximum absolute atomic E-state index is 5.79. The van der Waals surface area contributed by atoms with Crippen LogP contribution in [0.25, 0.3) is 16.6 Å². The van der Waals surface area contributed by atoms with Crippen molar-refractivity contribution in [3.8, 4) is 0 Å². The van der Waals surface area contributed by atoms with Gasteiger partial charge >= 0.3 is 0 Å². The van der Waals surface area contributed by atoms with Crippen LogP contribution >= 0.6 is 12.2 Å². The Hall–Kier alpha value is -2.74. The molecular formula is C24H27N5OS. The molecule has 0 radical (unpaired) electrons. The first-order valence-electron chi connectivity index (χ1n) is 10.7. The van der Waals surface area contributed by atoms with Gasteiger partial charge in [0.1, 0.15) is 0 Å². The number of fused-ring (bicyclic) bond motifs is 3. The minimum absolute atomic E-state index is 0.638. The minimum atomic E-state index is 0.638. The van der Waals surface area contributed by atoms with Crippen molar-refractivity contribution in [3.63, 3.8) is 0 Å². The van der Waals surface area contributed by atoms with Gasteiger partial charge in [-0.15, -0.1) is 0 Å². The number of nitrogens with zero attached hydrogens (tertiary/aromatic N) is 5. The average molecular weight is 434 g/mol. The third-order valence-electron chi connectivity index (χ3n) is 5.92. The molecule has 1 fully saturated rings. The number of pyridine rings is 1. The average Bonchev–Trinajstić information content (AvgIpc) is 3.10. The summed E-state index contributed by atoms with van der Waals surface area (Å²) in [5.74, 6) is 0. The van der Waals surface area contributed by atoms with Gasteiger partial charge in [-0.1, -0.05) is 30.3 Å². The van der Waals surface area contributed by atoms with E-state index in [4.69, 9.17) is 22.1 Å². The van der Waals surface area contributed by atoms with Gasteiger partial charge in [0.25, 0.3) is 0 Å². The summed E-state index contributed by atoms with van der Waals surface area (Å²) in [4.78, 5) is 4.61. The van der Waals surface area contributed by atoms with E-state index < -0.39 is 0 Å². The van der Waals surface area contributed by atoms with E-state index in [0.29, 0.717) is 6.67 Å². The van der Waals surface area contributed by atoms with Gasteiger partial charge in [-0.2, -0.15) is 5.10 Å². The number of hydrogen-bond donors (Lipinski definition) is 0. The molecule has 160 valence electrons. The Bertz CT molecular complexity index is 1270.